The van der Waals surface area contributed by atoms with E-state index in [9.17, 15) is 0 Å². The molecule has 0 saturated carbocycles. The molecule has 3 nitrogen and oxygen atoms in total. The number of anilines is 1. The second kappa shape index (κ2) is 5.93. The molecule has 0 radical (unpaired) electrons. The Morgan fingerprint density at radius 2 is 2.16 bits per heavy atom. The molecule has 1 N–H and O–H groups in total. The SMILES string of the molecule is CC(C)(C)NCc1cnc(N2CC=CCC2)c(Cl)c1. The molecule has 2 rings (SSSR count). The Morgan fingerprint density at radius 3 is 2.74 bits per heavy atom. The molecule has 1 aromatic rings. The number of rotatable bonds is 3. The first-order valence-electron chi connectivity index (χ1n) is 6.75. The summed E-state index contributed by atoms with van der Waals surface area (Å²) in [6.45, 7) is 9.12. The smallest absolute Gasteiger partial charge is 0.147 e. The van der Waals surface area contributed by atoms with Crippen LogP contribution >= 0.6 is 11.6 Å². The van der Waals surface area contributed by atoms with Crippen LogP contribution in [0.25, 0.3) is 0 Å². The zero-order chi connectivity index (χ0) is 13.9. The summed E-state index contributed by atoms with van der Waals surface area (Å²) in [5, 5.41) is 4.18. The summed E-state index contributed by atoms with van der Waals surface area (Å²) in [5.74, 6) is 0.894. The van der Waals surface area contributed by atoms with Gasteiger partial charge in [0.25, 0.3) is 0 Å². The van der Waals surface area contributed by atoms with Crippen LogP contribution in [0.15, 0.2) is 24.4 Å². The van der Waals surface area contributed by atoms with E-state index in [1.165, 1.54) is 0 Å². The van der Waals surface area contributed by atoms with Crippen molar-refractivity contribution < 1.29 is 0 Å². The molecule has 0 aromatic carbocycles. The molecule has 0 atom stereocenters. The molecular formula is C15H22ClN3. The number of nitrogens with zero attached hydrogens (tertiary/aromatic N) is 2. The Bertz CT molecular complexity index is 463. The van der Waals surface area contributed by atoms with Crippen LogP contribution in [0.1, 0.15) is 32.8 Å². The number of hydrogen-bond donors (Lipinski definition) is 1. The van der Waals surface area contributed by atoms with Gasteiger partial charge in [-0.15, -0.1) is 0 Å². The first kappa shape index (κ1) is 14.4. The summed E-state index contributed by atoms with van der Waals surface area (Å²) in [6.07, 6.45) is 7.34. The molecule has 104 valence electrons. The van der Waals surface area contributed by atoms with E-state index in [4.69, 9.17) is 11.6 Å². The molecule has 1 aliphatic rings. The van der Waals surface area contributed by atoms with Gasteiger partial charge in [-0.3, -0.25) is 0 Å². The van der Waals surface area contributed by atoms with Gasteiger partial charge in [0, 0.05) is 31.4 Å². The van der Waals surface area contributed by atoms with Crippen molar-refractivity contribution in [2.24, 2.45) is 0 Å². The van der Waals surface area contributed by atoms with E-state index in [0.717, 1.165) is 42.5 Å². The molecule has 1 aliphatic heterocycles. The Kier molecular flexibility index (Phi) is 4.48. The second-order valence-corrected chi connectivity index (χ2v) is 6.37. The van der Waals surface area contributed by atoms with Gasteiger partial charge in [-0.2, -0.15) is 0 Å². The number of halogens is 1. The zero-order valence-electron chi connectivity index (χ0n) is 11.9. The maximum atomic E-state index is 6.36. The predicted molar refractivity (Wildman–Crippen MR) is 81.8 cm³/mol. The zero-order valence-corrected chi connectivity index (χ0v) is 12.7. The van der Waals surface area contributed by atoms with Crippen LogP contribution in [0, 0.1) is 0 Å². The van der Waals surface area contributed by atoms with Crippen LogP contribution in [0.3, 0.4) is 0 Å². The normalized spacial score (nSPS) is 15.9. The van der Waals surface area contributed by atoms with Crippen molar-refractivity contribution in [3.05, 3.63) is 35.0 Å². The number of pyridine rings is 1. The maximum absolute atomic E-state index is 6.36. The third kappa shape index (κ3) is 4.22. The summed E-state index contributed by atoms with van der Waals surface area (Å²) < 4.78 is 0. The first-order chi connectivity index (χ1) is 8.96. The van der Waals surface area contributed by atoms with Crippen molar-refractivity contribution in [3.63, 3.8) is 0 Å². The largest absolute Gasteiger partial charge is 0.351 e. The number of hydrogen-bond acceptors (Lipinski definition) is 3. The fraction of sp³-hybridized carbons (Fsp3) is 0.533. The molecule has 0 spiro atoms. The molecule has 0 unspecified atom stereocenters. The lowest BCUT2D eigenvalue weighted by molar-refractivity contribution is 0.424. The van der Waals surface area contributed by atoms with E-state index in [-0.39, 0.29) is 5.54 Å². The Hall–Kier alpha value is -1.06. The Morgan fingerprint density at radius 1 is 1.37 bits per heavy atom. The van der Waals surface area contributed by atoms with E-state index in [2.05, 4.69) is 48.1 Å². The molecular weight excluding hydrogens is 258 g/mol. The molecule has 0 aliphatic carbocycles. The highest BCUT2D eigenvalue weighted by atomic mass is 35.5. The average Bonchev–Trinajstić information content (AvgIpc) is 2.37. The number of aromatic nitrogens is 1. The van der Waals surface area contributed by atoms with Crippen molar-refractivity contribution in [2.45, 2.75) is 39.3 Å². The van der Waals surface area contributed by atoms with Crippen LogP contribution in [0.4, 0.5) is 5.82 Å². The van der Waals surface area contributed by atoms with Gasteiger partial charge in [0.1, 0.15) is 5.82 Å². The van der Waals surface area contributed by atoms with E-state index in [0.29, 0.717) is 0 Å². The fourth-order valence-electron chi connectivity index (χ4n) is 2.00. The standard InChI is InChI=1S/C15H22ClN3/c1-15(2,3)18-11-12-9-13(16)14(17-10-12)19-7-5-4-6-8-19/h4-5,9-10,18H,6-8,11H2,1-3H3. The minimum absolute atomic E-state index is 0.100. The topological polar surface area (TPSA) is 28.2 Å². The van der Waals surface area contributed by atoms with Crippen LogP contribution < -0.4 is 10.2 Å². The lowest BCUT2D eigenvalue weighted by Gasteiger charge is -2.26. The number of nitrogens with one attached hydrogen (secondary N) is 1. The van der Waals surface area contributed by atoms with Gasteiger partial charge in [-0.05, 0) is 38.8 Å². The average molecular weight is 280 g/mol. The highest BCUT2D eigenvalue weighted by molar-refractivity contribution is 6.33. The molecule has 2 heterocycles. The highest BCUT2D eigenvalue weighted by Crippen LogP contribution is 2.25. The molecule has 0 amide bonds. The van der Waals surface area contributed by atoms with Crippen molar-refractivity contribution in [1.82, 2.24) is 10.3 Å². The molecule has 0 fully saturated rings. The predicted octanol–water partition coefficient (Wildman–Crippen LogP) is 3.39. The lowest BCUT2D eigenvalue weighted by atomic mass is 10.1. The van der Waals surface area contributed by atoms with Crippen LogP contribution in [-0.2, 0) is 6.54 Å². The molecule has 0 saturated heterocycles. The van der Waals surface area contributed by atoms with Crippen molar-refractivity contribution >= 4 is 17.4 Å². The van der Waals surface area contributed by atoms with Crippen molar-refractivity contribution in [3.8, 4) is 0 Å². The van der Waals surface area contributed by atoms with E-state index >= 15 is 0 Å². The highest BCUT2D eigenvalue weighted by Gasteiger charge is 2.14. The molecule has 1 aromatic heterocycles. The summed E-state index contributed by atoms with van der Waals surface area (Å²) in [5.41, 5.74) is 1.22. The Balaban J connectivity index is 2.06. The third-order valence-corrected chi connectivity index (χ3v) is 3.34. The van der Waals surface area contributed by atoms with Gasteiger partial charge < -0.3 is 10.2 Å². The minimum Gasteiger partial charge on any atom is -0.351 e. The van der Waals surface area contributed by atoms with Gasteiger partial charge in [-0.1, -0.05) is 23.8 Å². The van der Waals surface area contributed by atoms with E-state index in [1.54, 1.807) is 0 Å². The summed E-state index contributed by atoms with van der Waals surface area (Å²) in [7, 11) is 0. The van der Waals surface area contributed by atoms with Crippen molar-refractivity contribution in [2.75, 3.05) is 18.0 Å². The summed E-state index contributed by atoms with van der Waals surface area (Å²) in [6, 6.07) is 2.01. The fourth-order valence-corrected chi connectivity index (χ4v) is 2.31. The van der Waals surface area contributed by atoms with Crippen molar-refractivity contribution in [1.29, 1.82) is 0 Å². The van der Waals surface area contributed by atoms with Gasteiger partial charge in [-0.25, -0.2) is 4.98 Å². The minimum atomic E-state index is 0.100. The molecule has 0 bridgehead atoms. The van der Waals surface area contributed by atoms with Crippen LogP contribution in [-0.4, -0.2) is 23.6 Å². The third-order valence-electron chi connectivity index (χ3n) is 3.06. The van der Waals surface area contributed by atoms with Crippen LogP contribution in [0.2, 0.25) is 5.02 Å². The Labute approximate surface area is 120 Å². The maximum Gasteiger partial charge on any atom is 0.147 e. The van der Waals surface area contributed by atoms with Gasteiger partial charge >= 0.3 is 0 Å². The second-order valence-electron chi connectivity index (χ2n) is 5.96. The molecule has 4 heteroatoms. The van der Waals surface area contributed by atoms with Gasteiger partial charge in [0.15, 0.2) is 0 Å². The monoisotopic (exact) mass is 279 g/mol. The summed E-state index contributed by atoms with van der Waals surface area (Å²) >= 11 is 6.36. The van der Waals surface area contributed by atoms with Gasteiger partial charge in [0.2, 0.25) is 0 Å². The van der Waals surface area contributed by atoms with Crippen LogP contribution in [0.5, 0.6) is 0 Å². The van der Waals surface area contributed by atoms with E-state index in [1.807, 2.05) is 12.3 Å². The van der Waals surface area contributed by atoms with E-state index < -0.39 is 0 Å². The first-order valence-corrected chi connectivity index (χ1v) is 7.13. The lowest BCUT2D eigenvalue weighted by Crippen LogP contribution is -2.35. The quantitative estimate of drug-likeness (QED) is 0.860. The molecule has 19 heavy (non-hydrogen) atoms. The van der Waals surface area contributed by atoms with Gasteiger partial charge in [0.05, 0.1) is 5.02 Å². The summed E-state index contributed by atoms with van der Waals surface area (Å²) in [4.78, 5) is 6.73.